The molecule has 0 radical (unpaired) electrons. The fourth-order valence-electron chi connectivity index (χ4n) is 4.02. The molecule has 4 rings (SSSR count). The van der Waals surface area contributed by atoms with E-state index in [1.807, 2.05) is 45.0 Å². The lowest BCUT2D eigenvalue weighted by molar-refractivity contribution is -0.114. The molecule has 0 bridgehead atoms. The summed E-state index contributed by atoms with van der Waals surface area (Å²) in [6.07, 6.45) is 3.67. The molecule has 1 amide bonds. The van der Waals surface area contributed by atoms with Crippen LogP contribution >= 0.6 is 23.4 Å². The van der Waals surface area contributed by atoms with Crippen molar-refractivity contribution in [1.82, 2.24) is 9.58 Å². The van der Waals surface area contributed by atoms with Gasteiger partial charge in [-0.3, -0.25) is 10.2 Å². The normalized spacial score (nSPS) is 17.3. The molecule has 166 valence electrons. The quantitative estimate of drug-likeness (QED) is 0.539. The number of aromatic nitrogens is 1. The summed E-state index contributed by atoms with van der Waals surface area (Å²) in [4.78, 5) is 17.0. The highest BCUT2D eigenvalue weighted by Gasteiger charge is 2.37. The monoisotopic (exact) mass is 467 g/mol. The van der Waals surface area contributed by atoms with Gasteiger partial charge in [0.05, 0.1) is 5.57 Å². The van der Waals surface area contributed by atoms with Gasteiger partial charge < -0.3 is 4.57 Å². The first-order chi connectivity index (χ1) is 15.2. The van der Waals surface area contributed by atoms with Crippen LogP contribution in [0.25, 0.3) is 11.8 Å². The summed E-state index contributed by atoms with van der Waals surface area (Å²) in [6, 6.07) is 7.96. The van der Waals surface area contributed by atoms with Crippen molar-refractivity contribution in [2.75, 3.05) is 0 Å². The molecule has 3 heterocycles. The predicted octanol–water partition coefficient (Wildman–Crippen LogP) is 6.11. The molecule has 32 heavy (non-hydrogen) atoms. The highest BCUT2D eigenvalue weighted by molar-refractivity contribution is 8.27. The van der Waals surface area contributed by atoms with Gasteiger partial charge in [-0.15, -0.1) is 0 Å². The maximum atomic E-state index is 12.8. The Balaban J connectivity index is 1.72. The van der Waals surface area contributed by atoms with Crippen LogP contribution in [0.1, 0.15) is 49.2 Å². The van der Waals surface area contributed by atoms with Gasteiger partial charge in [0, 0.05) is 28.0 Å². The van der Waals surface area contributed by atoms with E-state index in [4.69, 9.17) is 17.0 Å². The minimum Gasteiger partial charge on any atom is -0.318 e. The average Bonchev–Trinajstić information content (AvgIpc) is 3.29. The molecule has 0 saturated heterocycles. The smallest absolute Gasteiger partial charge is 0.283 e. The lowest BCUT2D eigenvalue weighted by Gasteiger charge is -2.20. The number of hydrazone groups is 1. The number of thioether (sulfide) groups is 1. The molecular formula is C24H26ClN5OS. The van der Waals surface area contributed by atoms with Gasteiger partial charge in [-0.25, -0.2) is 0 Å². The number of hydrogen-bond acceptors (Lipinski definition) is 4. The third-order valence-electron chi connectivity index (χ3n) is 5.99. The van der Waals surface area contributed by atoms with E-state index < -0.39 is 5.91 Å². The molecule has 2 aliphatic heterocycles. The lowest BCUT2D eigenvalue weighted by Crippen LogP contribution is -2.35. The van der Waals surface area contributed by atoms with Crippen molar-refractivity contribution < 1.29 is 4.79 Å². The summed E-state index contributed by atoms with van der Waals surface area (Å²) in [5, 5.41) is 16.9. The van der Waals surface area contributed by atoms with Crippen molar-refractivity contribution in [2.45, 2.75) is 47.5 Å². The minimum atomic E-state index is -0.405. The van der Waals surface area contributed by atoms with Crippen LogP contribution in [0.15, 0.2) is 39.9 Å². The van der Waals surface area contributed by atoms with Gasteiger partial charge in [0.1, 0.15) is 5.04 Å². The number of amidine groups is 2. The zero-order chi connectivity index (χ0) is 23.2. The Morgan fingerprint density at radius 3 is 2.56 bits per heavy atom. The van der Waals surface area contributed by atoms with Gasteiger partial charge in [-0.05, 0) is 80.8 Å². The van der Waals surface area contributed by atoms with E-state index in [0.29, 0.717) is 16.1 Å². The zero-order valence-corrected chi connectivity index (χ0v) is 20.4. The molecule has 2 aromatic rings. The third kappa shape index (κ3) is 3.84. The van der Waals surface area contributed by atoms with Crippen LogP contribution in [0.4, 0.5) is 0 Å². The van der Waals surface area contributed by atoms with Crippen LogP contribution in [-0.2, 0) is 4.79 Å². The van der Waals surface area contributed by atoms with E-state index in [0.717, 1.165) is 46.1 Å². The molecule has 0 atom stereocenters. The Hall–Kier alpha value is -2.64. The number of carbonyl (C=O) groups excluding carboxylic acids is 1. The second kappa shape index (κ2) is 8.71. The summed E-state index contributed by atoms with van der Waals surface area (Å²) < 4.78 is 2.10. The van der Waals surface area contributed by atoms with E-state index in [1.165, 1.54) is 16.8 Å². The molecule has 1 aromatic carbocycles. The molecule has 2 aliphatic rings. The van der Waals surface area contributed by atoms with Gasteiger partial charge in [0.2, 0.25) is 5.17 Å². The molecule has 6 nitrogen and oxygen atoms in total. The van der Waals surface area contributed by atoms with Gasteiger partial charge in [0.15, 0.2) is 5.84 Å². The van der Waals surface area contributed by atoms with E-state index in [1.54, 1.807) is 6.08 Å². The minimum absolute atomic E-state index is 0.0663. The molecule has 1 aromatic heterocycles. The second-order valence-corrected chi connectivity index (χ2v) is 9.46. The van der Waals surface area contributed by atoms with Gasteiger partial charge >= 0.3 is 0 Å². The summed E-state index contributed by atoms with van der Waals surface area (Å²) in [6.45, 7) is 10.2. The number of fused-ring (bicyclic) bond motifs is 1. The summed E-state index contributed by atoms with van der Waals surface area (Å²) >= 11 is 7.74. The number of nitrogens with one attached hydrogen (secondary N) is 1. The Morgan fingerprint density at radius 2 is 1.91 bits per heavy atom. The Bertz CT molecular complexity index is 1220. The largest absolute Gasteiger partial charge is 0.318 e. The molecule has 1 N–H and O–H groups in total. The van der Waals surface area contributed by atoms with Crippen molar-refractivity contribution in [3.05, 3.63) is 57.4 Å². The summed E-state index contributed by atoms with van der Waals surface area (Å²) in [5.74, 6) is -0.0292. The highest BCUT2D eigenvalue weighted by Crippen LogP contribution is 2.33. The maximum absolute atomic E-state index is 12.8. The zero-order valence-electron chi connectivity index (χ0n) is 18.9. The van der Waals surface area contributed by atoms with E-state index in [-0.39, 0.29) is 11.4 Å². The number of benzene rings is 1. The molecular weight excluding hydrogens is 442 g/mol. The maximum Gasteiger partial charge on any atom is 0.283 e. The number of aryl methyl sites for hydroxylation is 2. The average molecular weight is 468 g/mol. The highest BCUT2D eigenvalue weighted by atomic mass is 35.5. The van der Waals surface area contributed by atoms with E-state index in [9.17, 15) is 4.79 Å². The van der Waals surface area contributed by atoms with E-state index >= 15 is 0 Å². The summed E-state index contributed by atoms with van der Waals surface area (Å²) in [5.41, 5.74) is 5.06. The molecule has 8 heteroatoms. The SMILES string of the molecule is CCC(CC)C1=NN2C(=N)/C(=C\c3cc(C)n(-c4ccc(C)c(Cl)c4)c3C)C(=O)N=C2S1. The Labute approximate surface area is 197 Å². The van der Waals surface area contributed by atoms with Crippen LogP contribution in [0, 0.1) is 32.1 Å². The van der Waals surface area contributed by atoms with E-state index in [2.05, 4.69) is 28.5 Å². The molecule has 0 saturated carbocycles. The Kier molecular flexibility index (Phi) is 6.14. The van der Waals surface area contributed by atoms with Crippen LogP contribution in [-0.4, -0.2) is 31.5 Å². The number of carbonyl (C=O) groups is 1. The van der Waals surface area contributed by atoms with Crippen molar-refractivity contribution in [3.63, 3.8) is 0 Å². The molecule has 0 spiro atoms. The fourth-order valence-corrected chi connectivity index (χ4v) is 5.35. The number of halogens is 1. The van der Waals surface area contributed by atoms with Crippen LogP contribution in [0.3, 0.4) is 0 Å². The topological polar surface area (TPSA) is 73.8 Å². The van der Waals surface area contributed by atoms with Crippen molar-refractivity contribution in [2.24, 2.45) is 16.0 Å². The van der Waals surface area contributed by atoms with Crippen LogP contribution in [0.5, 0.6) is 0 Å². The summed E-state index contributed by atoms with van der Waals surface area (Å²) in [7, 11) is 0. The first kappa shape index (κ1) is 22.6. The van der Waals surface area contributed by atoms with Crippen molar-refractivity contribution in [1.29, 1.82) is 5.41 Å². The third-order valence-corrected chi connectivity index (χ3v) is 7.47. The predicted molar refractivity (Wildman–Crippen MR) is 134 cm³/mol. The number of rotatable bonds is 5. The van der Waals surface area contributed by atoms with Gasteiger partial charge in [-0.1, -0.05) is 31.5 Å². The Morgan fingerprint density at radius 1 is 1.19 bits per heavy atom. The van der Waals surface area contributed by atoms with Gasteiger partial charge in [0.25, 0.3) is 5.91 Å². The first-order valence-corrected chi connectivity index (χ1v) is 11.9. The number of aliphatic imine (C=N–C) groups is 1. The van der Waals surface area contributed by atoms with Crippen LogP contribution in [0.2, 0.25) is 5.02 Å². The number of nitrogens with zero attached hydrogens (tertiary/aromatic N) is 4. The van der Waals surface area contributed by atoms with Crippen LogP contribution < -0.4 is 0 Å². The first-order valence-electron chi connectivity index (χ1n) is 10.7. The van der Waals surface area contributed by atoms with Crippen molar-refractivity contribution in [3.8, 4) is 5.69 Å². The fraction of sp³-hybridized carbons (Fsp3) is 0.333. The van der Waals surface area contributed by atoms with Crippen molar-refractivity contribution >= 4 is 51.4 Å². The number of amides is 1. The number of hydrogen-bond donors (Lipinski definition) is 1. The second-order valence-electron chi connectivity index (χ2n) is 8.07. The molecule has 0 unspecified atom stereocenters. The van der Waals surface area contributed by atoms with Gasteiger partial charge in [-0.2, -0.15) is 15.1 Å². The molecule has 0 fully saturated rings. The molecule has 0 aliphatic carbocycles. The standard InChI is InChI=1S/C24H26ClN5OS/c1-6-16(7-2)23-28-30-21(26)19(22(31)27-24(30)32-23)11-17-10-14(4)29(15(17)5)18-9-8-13(3)20(25)12-18/h8-12,16,26H,6-7H2,1-5H3/b19-11+,26-21?. The lowest BCUT2D eigenvalue weighted by atomic mass is 10.1.